The van der Waals surface area contributed by atoms with E-state index in [0.29, 0.717) is 0 Å². The van der Waals surface area contributed by atoms with Gasteiger partial charge in [0.1, 0.15) is 0 Å². The highest BCUT2D eigenvalue weighted by Gasteiger charge is 2.23. The van der Waals surface area contributed by atoms with Crippen LogP contribution in [0.25, 0.3) is 11.1 Å². The molecule has 72 valence electrons. The van der Waals surface area contributed by atoms with Crippen LogP contribution in [0.3, 0.4) is 0 Å². The van der Waals surface area contributed by atoms with Crippen molar-refractivity contribution in [2.75, 3.05) is 0 Å². The molecular formula is C15H12. The molecule has 0 saturated carbocycles. The molecular weight excluding hydrogens is 180 g/mol. The Morgan fingerprint density at radius 2 is 0.933 bits per heavy atom. The largest absolute Gasteiger partial charge is 0.0622 e. The standard InChI is InChI=1S/C15H12/c1-3-7-12(8-4-1)14-11-15(14)13-9-5-2-6-10-13/h1-10H,11H2. The van der Waals surface area contributed by atoms with Crippen molar-refractivity contribution in [3.8, 4) is 0 Å². The molecule has 1 aliphatic carbocycles. The van der Waals surface area contributed by atoms with Crippen molar-refractivity contribution >= 4 is 11.1 Å². The fourth-order valence-electron chi connectivity index (χ4n) is 1.96. The average Bonchev–Trinajstić information content (AvgIpc) is 3.11. The Hall–Kier alpha value is -1.82. The van der Waals surface area contributed by atoms with Crippen LogP contribution in [0.2, 0.25) is 0 Å². The fourth-order valence-corrected chi connectivity index (χ4v) is 1.96. The summed E-state index contributed by atoms with van der Waals surface area (Å²) in [5.41, 5.74) is 5.75. The Morgan fingerprint density at radius 3 is 1.33 bits per heavy atom. The van der Waals surface area contributed by atoms with Crippen LogP contribution in [0.4, 0.5) is 0 Å². The molecule has 0 heteroatoms. The molecule has 0 fully saturated rings. The first kappa shape index (κ1) is 8.49. The summed E-state index contributed by atoms with van der Waals surface area (Å²) in [6.45, 7) is 0. The van der Waals surface area contributed by atoms with Gasteiger partial charge in [-0.15, -0.1) is 0 Å². The Bertz CT molecular complexity index is 445. The minimum Gasteiger partial charge on any atom is -0.0622 e. The summed E-state index contributed by atoms with van der Waals surface area (Å²) in [5, 5.41) is 0. The van der Waals surface area contributed by atoms with Crippen molar-refractivity contribution in [2.24, 2.45) is 0 Å². The van der Waals surface area contributed by atoms with Crippen molar-refractivity contribution in [1.82, 2.24) is 0 Å². The molecule has 0 aliphatic heterocycles. The van der Waals surface area contributed by atoms with E-state index in [4.69, 9.17) is 0 Å². The molecule has 2 aromatic carbocycles. The molecule has 0 saturated heterocycles. The Morgan fingerprint density at radius 1 is 0.533 bits per heavy atom. The summed E-state index contributed by atoms with van der Waals surface area (Å²) in [4.78, 5) is 0. The zero-order valence-corrected chi connectivity index (χ0v) is 8.48. The minimum absolute atomic E-state index is 1.15. The van der Waals surface area contributed by atoms with Gasteiger partial charge >= 0.3 is 0 Å². The zero-order chi connectivity index (χ0) is 10.1. The van der Waals surface area contributed by atoms with E-state index in [1.54, 1.807) is 0 Å². The monoisotopic (exact) mass is 192 g/mol. The van der Waals surface area contributed by atoms with Crippen molar-refractivity contribution in [3.05, 3.63) is 71.8 Å². The molecule has 0 N–H and O–H groups in total. The van der Waals surface area contributed by atoms with Gasteiger partial charge in [0.2, 0.25) is 0 Å². The molecule has 0 bridgehead atoms. The van der Waals surface area contributed by atoms with Crippen LogP contribution in [0, 0.1) is 0 Å². The zero-order valence-electron chi connectivity index (χ0n) is 8.48. The van der Waals surface area contributed by atoms with Crippen molar-refractivity contribution in [1.29, 1.82) is 0 Å². The first-order valence-electron chi connectivity index (χ1n) is 5.28. The number of hydrogen-bond acceptors (Lipinski definition) is 0. The molecule has 2 aromatic rings. The second kappa shape index (κ2) is 3.39. The van der Waals surface area contributed by atoms with Crippen LogP contribution >= 0.6 is 0 Å². The van der Waals surface area contributed by atoms with Crippen LogP contribution in [0.5, 0.6) is 0 Å². The molecule has 0 spiro atoms. The normalized spacial score (nSPS) is 14.1. The van der Waals surface area contributed by atoms with E-state index in [2.05, 4.69) is 60.7 Å². The molecule has 0 unspecified atom stereocenters. The maximum absolute atomic E-state index is 2.19. The van der Waals surface area contributed by atoms with E-state index in [-0.39, 0.29) is 0 Å². The average molecular weight is 192 g/mol. The maximum Gasteiger partial charge on any atom is -0.000775 e. The van der Waals surface area contributed by atoms with Gasteiger partial charge in [-0.05, 0) is 28.7 Å². The van der Waals surface area contributed by atoms with E-state index < -0.39 is 0 Å². The molecule has 0 amide bonds. The summed E-state index contributed by atoms with van der Waals surface area (Å²) < 4.78 is 0. The summed E-state index contributed by atoms with van der Waals surface area (Å²) in [6.07, 6.45) is 1.15. The molecule has 0 radical (unpaired) electrons. The first-order valence-corrected chi connectivity index (χ1v) is 5.28. The Labute approximate surface area is 89.9 Å². The quantitative estimate of drug-likeness (QED) is 0.674. The topological polar surface area (TPSA) is 0 Å². The van der Waals surface area contributed by atoms with Gasteiger partial charge in [-0.1, -0.05) is 60.7 Å². The second-order valence-electron chi connectivity index (χ2n) is 3.87. The highest BCUT2D eigenvalue weighted by atomic mass is 14.3. The predicted molar refractivity (Wildman–Crippen MR) is 64.3 cm³/mol. The summed E-state index contributed by atoms with van der Waals surface area (Å²) >= 11 is 0. The van der Waals surface area contributed by atoms with Crippen LogP contribution in [-0.2, 0) is 0 Å². The SMILES string of the molecule is c1ccc(C2=C(c3ccccc3)C2)cc1. The molecule has 1 aliphatic rings. The van der Waals surface area contributed by atoms with E-state index in [0.717, 1.165) is 6.42 Å². The molecule has 0 heterocycles. The Balaban J connectivity index is 1.97. The lowest BCUT2D eigenvalue weighted by Gasteiger charge is -1.92. The van der Waals surface area contributed by atoms with Gasteiger partial charge in [0.05, 0.1) is 0 Å². The van der Waals surface area contributed by atoms with E-state index in [1.807, 2.05) is 0 Å². The Kier molecular flexibility index (Phi) is 1.92. The third-order valence-corrected chi connectivity index (χ3v) is 2.84. The third-order valence-electron chi connectivity index (χ3n) is 2.84. The van der Waals surface area contributed by atoms with Gasteiger partial charge in [0.15, 0.2) is 0 Å². The second-order valence-corrected chi connectivity index (χ2v) is 3.87. The smallest absolute Gasteiger partial charge is 0.000775 e. The van der Waals surface area contributed by atoms with Crippen LogP contribution < -0.4 is 0 Å². The van der Waals surface area contributed by atoms with Gasteiger partial charge in [0.25, 0.3) is 0 Å². The van der Waals surface area contributed by atoms with Gasteiger partial charge in [0, 0.05) is 0 Å². The lowest BCUT2D eigenvalue weighted by Crippen LogP contribution is -1.70. The van der Waals surface area contributed by atoms with Gasteiger partial charge in [-0.25, -0.2) is 0 Å². The van der Waals surface area contributed by atoms with Crippen molar-refractivity contribution < 1.29 is 0 Å². The summed E-state index contributed by atoms with van der Waals surface area (Å²) in [7, 11) is 0. The van der Waals surface area contributed by atoms with Crippen molar-refractivity contribution in [2.45, 2.75) is 6.42 Å². The highest BCUT2D eigenvalue weighted by Crippen LogP contribution is 2.46. The van der Waals surface area contributed by atoms with Crippen LogP contribution in [-0.4, -0.2) is 0 Å². The van der Waals surface area contributed by atoms with Gasteiger partial charge in [-0.3, -0.25) is 0 Å². The minimum atomic E-state index is 1.15. The molecule has 3 rings (SSSR count). The summed E-state index contributed by atoms with van der Waals surface area (Å²) in [5.74, 6) is 0. The number of rotatable bonds is 2. The summed E-state index contributed by atoms with van der Waals surface area (Å²) in [6, 6.07) is 21.3. The number of benzene rings is 2. The molecule has 15 heavy (non-hydrogen) atoms. The van der Waals surface area contributed by atoms with Crippen LogP contribution in [0.15, 0.2) is 60.7 Å². The van der Waals surface area contributed by atoms with Gasteiger partial charge < -0.3 is 0 Å². The molecule has 0 nitrogen and oxygen atoms in total. The molecule has 0 atom stereocenters. The maximum atomic E-state index is 2.19. The third kappa shape index (κ3) is 1.59. The molecule has 0 aromatic heterocycles. The number of allylic oxidation sites excluding steroid dienone is 2. The fraction of sp³-hybridized carbons (Fsp3) is 0.0667. The van der Waals surface area contributed by atoms with Crippen molar-refractivity contribution in [3.63, 3.8) is 0 Å². The van der Waals surface area contributed by atoms with E-state index in [9.17, 15) is 0 Å². The van der Waals surface area contributed by atoms with E-state index >= 15 is 0 Å². The van der Waals surface area contributed by atoms with E-state index in [1.165, 1.54) is 22.3 Å². The predicted octanol–water partition coefficient (Wildman–Crippen LogP) is 4.00. The van der Waals surface area contributed by atoms with Crippen LogP contribution in [0.1, 0.15) is 17.5 Å². The highest BCUT2D eigenvalue weighted by molar-refractivity contribution is 6.07. The lowest BCUT2D eigenvalue weighted by atomic mass is 10.1. The number of hydrogen-bond donors (Lipinski definition) is 0. The lowest BCUT2D eigenvalue weighted by molar-refractivity contribution is 1.57. The van der Waals surface area contributed by atoms with Gasteiger partial charge in [-0.2, -0.15) is 0 Å². The first-order chi connectivity index (χ1) is 7.45.